The third-order valence-electron chi connectivity index (χ3n) is 6.34. The topological polar surface area (TPSA) is 70.7 Å². The lowest BCUT2D eigenvalue weighted by Gasteiger charge is -2.32. The normalized spacial score (nSPS) is 23.7. The highest BCUT2D eigenvalue weighted by Crippen LogP contribution is 2.39. The molecule has 0 unspecified atom stereocenters. The second-order valence-corrected chi connectivity index (χ2v) is 8.52. The lowest BCUT2D eigenvalue weighted by molar-refractivity contribution is -0.129. The average Bonchev–Trinajstić information content (AvgIpc) is 3.35. The fourth-order valence-corrected chi connectivity index (χ4v) is 4.79. The van der Waals surface area contributed by atoms with Gasteiger partial charge in [0, 0.05) is 18.8 Å². The third-order valence-corrected chi connectivity index (χ3v) is 6.34. The van der Waals surface area contributed by atoms with E-state index in [0.717, 1.165) is 56.4 Å². The second-order valence-electron chi connectivity index (χ2n) is 8.52. The molecule has 1 aromatic rings. The summed E-state index contributed by atoms with van der Waals surface area (Å²) in [7, 11) is 0. The third kappa shape index (κ3) is 4.66. The Kier molecular flexibility index (Phi) is 5.85. The predicted octanol–water partition coefficient (Wildman–Crippen LogP) is 3.46. The van der Waals surface area contributed by atoms with Crippen molar-refractivity contribution in [2.45, 2.75) is 69.4 Å². The molecule has 28 heavy (non-hydrogen) atoms. The monoisotopic (exact) mass is 385 g/mol. The van der Waals surface area contributed by atoms with Crippen LogP contribution < -0.4 is 10.6 Å². The number of benzene rings is 1. The number of amides is 3. The molecule has 4 rings (SSSR count). The van der Waals surface area contributed by atoms with Crippen LogP contribution >= 0.6 is 0 Å². The van der Waals surface area contributed by atoms with E-state index in [0.29, 0.717) is 13.0 Å². The summed E-state index contributed by atoms with van der Waals surface area (Å²) in [6, 6.07) is 7.44. The molecule has 1 saturated carbocycles. The van der Waals surface area contributed by atoms with E-state index in [1.807, 2.05) is 29.2 Å². The van der Waals surface area contributed by atoms with Crippen LogP contribution in [0.15, 0.2) is 24.3 Å². The Morgan fingerprint density at radius 3 is 2.46 bits per heavy atom. The van der Waals surface area contributed by atoms with Crippen LogP contribution in [0.25, 0.3) is 0 Å². The molecule has 1 aromatic carbocycles. The van der Waals surface area contributed by atoms with Crippen molar-refractivity contribution >= 4 is 17.6 Å². The van der Waals surface area contributed by atoms with Gasteiger partial charge in [-0.3, -0.25) is 4.79 Å². The SMILES string of the molecule is O=C(Nc1ccc(CC(=O)N2CCCC2)cc1)N[C@H]1COC2(CCCCC2)C1. The summed E-state index contributed by atoms with van der Waals surface area (Å²) < 4.78 is 6.06. The summed E-state index contributed by atoms with van der Waals surface area (Å²) >= 11 is 0. The van der Waals surface area contributed by atoms with Crippen molar-refractivity contribution in [3.63, 3.8) is 0 Å². The van der Waals surface area contributed by atoms with Crippen molar-refractivity contribution < 1.29 is 14.3 Å². The minimum absolute atomic E-state index is 0.000274. The number of hydrogen-bond acceptors (Lipinski definition) is 3. The lowest BCUT2D eigenvalue weighted by Crippen LogP contribution is -2.39. The van der Waals surface area contributed by atoms with Crippen LogP contribution in [0.3, 0.4) is 0 Å². The lowest BCUT2D eigenvalue weighted by atomic mass is 9.82. The largest absolute Gasteiger partial charge is 0.373 e. The quantitative estimate of drug-likeness (QED) is 0.834. The fraction of sp³-hybridized carbons (Fsp3) is 0.636. The molecule has 1 spiro atoms. The van der Waals surface area contributed by atoms with Gasteiger partial charge in [0.2, 0.25) is 5.91 Å². The van der Waals surface area contributed by atoms with Gasteiger partial charge in [-0.15, -0.1) is 0 Å². The van der Waals surface area contributed by atoms with E-state index >= 15 is 0 Å². The summed E-state index contributed by atoms with van der Waals surface area (Å²) in [5.74, 6) is 0.189. The molecular weight excluding hydrogens is 354 g/mol. The number of rotatable bonds is 4. The Labute approximate surface area is 167 Å². The van der Waals surface area contributed by atoms with Gasteiger partial charge in [-0.2, -0.15) is 0 Å². The summed E-state index contributed by atoms with van der Waals surface area (Å²) in [6.07, 6.45) is 9.54. The zero-order valence-corrected chi connectivity index (χ0v) is 16.5. The van der Waals surface area contributed by atoms with Crippen LogP contribution in [0.2, 0.25) is 0 Å². The number of nitrogens with zero attached hydrogens (tertiary/aromatic N) is 1. The van der Waals surface area contributed by atoms with Crippen LogP contribution in [0.5, 0.6) is 0 Å². The number of nitrogens with one attached hydrogen (secondary N) is 2. The zero-order valence-electron chi connectivity index (χ0n) is 16.5. The minimum atomic E-state index is -0.192. The Morgan fingerprint density at radius 1 is 1.04 bits per heavy atom. The zero-order chi connectivity index (χ0) is 19.4. The van der Waals surface area contributed by atoms with E-state index in [-0.39, 0.29) is 23.6 Å². The first kappa shape index (κ1) is 19.2. The number of anilines is 1. The molecule has 1 atom stereocenters. The molecule has 0 aromatic heterocycles. The van der Waals surface area contributed by atoms with Gasteiger partial charge in [-0.25, -0.2) is 4.79 Å². The van der Waals surface area contributed by atoms with Crippen molar-refractivity contribution in [3.05, 3.63) is 29.8 Å². The average molecular weight is 386 g/mol. The van der Waals surface area contributed by atoms with Crippen LogP contribution in [-0.4, -0.2) is 48.2 Å². The molecule has 3 fully saturated rings. The number of ether oxygens (including phenoxy) is 1. The molecule has 3 amide bonds. The number of urea groups is 1. The smallest absolute Gasteiger partial charge is 0.319 e. The van der Waals surface area contributed by atoms with Gasteiger partial charge in [-0.05, 0) is 49.8 Å². The number of likely N-dealkylation sites (tertiary alicyclic amines) is 1. The number of hydrogen-bond donors (Lipinski definition) is 2. The molecular formula is C22H31N3O3. The highest BCUT2D eigenvalue weighted by molar-refractivity contribution is 5.89. The number of carbonyl (C=O) groups excluding carboxylic acids is 2. The first-order valence-corrected chi connectivity index (χ1v) is 10.7. The van der Waals surface area contributed by atoms with Gasteiger partial charge >= 0.3 is 6.03 Å². The van der Waals surface area contributed by atoms with Crippen molar-refractivity contribution in [3.8, 4) is 0 Å². The second kappa shape index (κ2) is 8.52. The van der Waals surface area contributed by atoms with Crippen molar-refractivity contribution in [2.24, 2.45) is 0 Å². The van der Waals surface area contributed by atoms with E-state index in [1.54, 1.807) is 0 Å². The Hall–Kier alpha value is -2.08. The van der Waals surface area contributed by atoms with E-state index in [2.05, 4.69) is 10.6 Å². The van der Waals surface area contributed by atoms with Gasteiger partial charge < -0.3 is 20.3 Å². The summed E-state index contributed by atoms with van der Waals surface area (Å²) in [6.45, 7) is 2.36. The predicted molar refractivity (Wildman–Crippen MR) is 108 cm³/mol. The van der Waals surface area contributed by atoms with Gasteiger partial charge in [0.05, 0.1) is 24.7 Å². The van der Waals surface area contributed by atoms with Crippen molar-refractivity contribution in [1.29, 1.82) is 0 Å². The molecule has 0 radical (unpaired) electrons. The maximum absolute atomic E-state index is 12.3. The van der Waals surface area contributed by atoms with Crippen LogP contribution in [0.1, 0.15) is 56.9 Å². The van der Waals surface area contributed by atoms with Crippen LogP contribution in [-0.2, 0) is 16.0 Å². The van der Waals surface area contributed by atoms with Gasteiger partial charge in [-0.1, -0.05) is 31.4 Å². The van der Waals surface area contributed by atoms with E-state index in [9.17, 15) is 9.59 Å². The fourth-order valence-electron chi connectivity index (χ4n) is 4.79. The Bertz CT molecular complexity index is 691. The first-order chi connectivity index (χ1) is 13.6. The molecule has 2 saturated heterocycles. The molecule has 2 heterocycles. The molecule has 6 nitrogen and oxygen atoms in total. The standard InChI is InChI=1S/C22H31N3O3/c26-20(25-12-4-5-13-25)14-17-6-8-18(9-7-17)23-21(27)24-19-15-22(28-16-19)10-2-1-3-11-22/h6-9,19H,1-5,10-16H2,(H2,23,24,27)/t19-/m1/s1. The van der Waals surface area contributed by atoms with Crippen molar-refractivity contribution in [2.75, 3.05) is 25.0 Å². The number of carbonyl (C=O) groups is 2. The van der Waals surface area contributed by atoms with Crippen LogP contribution in [0.4, 0.5) is 10.5 Å². The minimum Gasteiger partial charge on any atom is -0.373 e. The van der Waals surface area contributed by atoms with E-state index in [4.69, 9.17) is 4.74 Å². The molecule has 3 aliphatic rings. The van der Waals surface area contributed by atoms with Gasteiger partial charge in [0.25, 0.3) is 0 Å². The van der Waals surface area contributed by atoms with Crippen molar-refractivity contribution in [1.82, 2.24) is 10.2 Å². The van der Waals surface area contributed by atoms with Gasteiger partial charge in [0.1, 0.15) is 0 Å². The van der Waals surface area contributed by atoms with Gasteiger partial charge in [0.15, 0.2) is 0 Å². The summed E-state index contributed by atoms with van der Waals surface area (Å²) in [4.78, 5) is 26.5. The highest BCUT2D eigenvalue weighted by atomic mass is 16.5. The first-order valence-electron chi connectivity index (χ1n) is 10.7. The molecule has 2 aliphatic heterocycles. The maximum Gasteiger partial charge on any atom is 0.319 e. The summed E-state index contributed by atoms with van der Waals surface area (Å²) in [5, 5.41) is 5.94. The Balaban J connectivity index is 1.24. The van der Waals surface area contributed by atoms with Crippen LogP contribution in [0, 0.1) is 0 Å². The molecule has 6 heteroatoms. The molecule has 1 aliphatic carbocycles. The molecule has 2 N–H and O–H groups in total. The van der Waals surface area contributed by atoms with E-state index in [1.165, 1.54) is 19.3 Å². The highest BCUT2D eigenvalue weighted by Gasteiger charge is 2.41. The molecule has 152 valence electrons. The Morgan fingerprint density at radius 2 is 1.75 bits per heavy atom. The molecule has 0 bridgehead atoms. The maximum atomic E-state index is 12.3. The van der Waals surface area contributed by atoms with E-state index < -0.39 is 0 Å². The summed E-state index contributed by atoms with van der Waals surface area (Å²) in [5.41, 5.74) is 1.71.